The van der Waals surface area contributed by atoms with Crippen molar-refractivity contribution in [1.29, 1.82) is 0 Å². The fourth-order valence-corrected chi connectivity index (χ4v) is 3.57. The van der Waals surface area contributed by atoms with E-state index in [2.05, 4.69) is 10.5 Å². The van der Waals surface area contributed by atoms with Crippen molar-refractivity contribution in [3.05, 3.63) is 45.8 Å². The number of ether oxygens (including phenoxy) is 1. The van der Waals surface area contributed by atoms with E-state index in [-0.39, 0.29) is 11.8 Å². The molecule has 2 heterocycles. The lowest BCUT2D eigenvalue weighted by atomic mass is 9.90. The number of carbonyl (C=O) groups is 1. The first-order valence-electron chi connectivity index (χ1n) is 7.94. The maximum absolute atomic E-state index is 12.8. The molecular weight excluding hydrogens is 328 g/mol. The minimum absolute atomic E-state index is 0.0503. The predicted octanol–water partition coefficient (Wildman–Crippen LogP) is 3.55. The highest BCUT2D eigenvalue weighted by molar-refractivity contribution is 6.30. The van der Waals surface area contributed by atoms with Crippen LogP contribution in [0.1, 0.15) is 36.4 Å². The summed E-state index contributed by atoms with van der Waals surface area (Å²) in [6.45, 7) is 7.99. The Morgan fingerprint density at radius 2 is 2.12 bits per heavy atom. The molecule has 1 aromatic carbocycles. The van der Waals surface area contributed by atoms with Gasteiger partial charge in [0.1, 0.15) is 18.1 Å². The maximum atomic E-state index is 12.8. The quantitative estimate of drug-likeness (QED) is 0.921. The van der Waals surface area contributed by atoms with Gasteiger partial charge in [-0.3, -0.25) is 4.79 Å². The second-order valence-electron chi connectivity index (χ2n) is 6.78. The molecule has 0 fully saturated rings. The molecule has 24 heavy (non-hydrogen) atoms. The largest absolute Gasteiger partial charge is 0.492 e. The molecule has 3 rings (SSSR count). The number of aryl methyl sites for hydroxylation is 2. The van der Waals surface area contributed by atoms with E-state index in [9.17, 15) is 4.79 Å². The Balaban J connectivity index is 1.76. The predicted molar refractivity (Wildman–Crippen MR) is 91.3 cm³/mol. The number of benzene rings is 1. The Morgan fingerprint density at radius 1 is 1.38 bits per heavy atom. The van der Waals surface area contributed by atoms with Crippen molar-refractivity contribution in [1.82, 2.24) is 10.5 Å². The van der Waals surface area contributed by atoms with Crippen LogP contribution in [0.3, 0.4) is 0 Å². The average molecular weight is 349 g/mol. The van der Waals surface area contributed by atoms with Crippen molar-refractivity contribution in [3.63, 3.8) is 0 Å². The van der Waals surface area contributed by atoms with E-state index >= 15 is 0 Å². The Hall–Kier alpha value is -2.01. The lowest BCUT2D eigenvalue weighted by molar-refractivity contribution is -0.128. The minimum atomic E-state index is -0.570. The van der Waals surface area contributed by atoms with Gasteiger partial charge in [-0.05, 0) is 57.9 Å². The molecule has 1 aliphatic heterocycles. The van der Waals surface area contributed by atoms with Crippen LogP contribution in [0.2, 0.25) is 5.02 Å². The van der Waals surface area contributed by atoms with Crippen LogP contribution in [0.15, 0.2) is 22.7 Å². The summed E-state index contributed by atoms with van der Waals surface area (Å²) >= 11 is 6.04. The van der Waals surface area contributed by atoms with Gasteiger partial charge in [-0.15, -0.1) is 0 Å². The number of fused-ring (bicyclic) bond motifs is 1. The zero-order valence-corrected chi connectivity index (χ0v) is 15.0. The van der Waals surface area contributed by atoms with E-state index in [0.29, 0.717) is 18.1 Å². The van der Waals surface area contributed by atoms with Crippen molar-refractivity contribution in [3.8, 4) is 5.75 Å². The third-order valence-electron chi connectivity index (χ3n) is 4.39. The molecule has 1 N–H and O–H groups in total. The summed E-state index contributed by atoms with van der Waals surface area (Å²) in [5.74, 6) is 1.21. The van der Waals surface area contributed by atoms with Crippen LogP contribution in [0, 0.1) is 19.8 Å². The van der Waals surface area contributed by atoms with Crippen LogP contribution in [0.5, 0.6) is 5.75 Å². The highest BCUT2D eigenvalue weighted by atomic mass is 35.5. The number of rotatable bonds is 3. The van der Waals surface area contributed by atoms with Crippen molar-refractivity contribution in [2.24, 2.45) is 5.92 Å². The van der Waals surface area contributed by atoms with Crippen LogP contribution in [-0.4, -0.2) is 17.7 Å². The van der Waals surface area contributed by atoms with Crippen LogP contribution in [0.25, 0.3) is 0 Å². The first-order valence-corrected chi connectivity index (χ1v) is 8.32. The van der Waals surface area contributed by atoms with Gasteiger partial charge in [0.2, 0.25) is 5.91 Å². The van der Waals surface area contributed by atoms with E-state index in [1.807, 2.05) is 39.8 Å². The number of nitrogens with zero attached hydrogens (tertiary/aromatic N) is 1. The summed E-state index contributed by atoms with van der Waals surface area (Å²) in [7, 11) is 0. The van der Waals surface area contributed by atoms with Crippen LogP contribution < -0.4 is 10.1 Å². The van der Waals surface area contributed by atoms with E-state index in [1.165, 1.54) is 0 Å². The number of halogens is 1. The lowest BCUT2D eigenvalue weighted by Crippen LogP contribution is -2.47. The van der Waals surface area contributed by atoms with Gasteiger partial charge in [0, 0.05) is 10.6 Å². The van der Waals surface area contributed by atoms with Gasteiger partial charge in [-0.2, -0.15) is 0 Å². The normalized spacial score (nSPS) is 17.1. The SMILES string of the molecule is Cc1noc(C)c1C(C)(C)NC(=O)C1COc2ccc(Cl)cc2C1. The van der Waals surface area contributed by atoms with Gasteiger partial charge in [-0.1, -0.05) is 16.8 Å². The fourth-order valence-electron chi connectivity index (χ4n) is 3.38. The van der Waals surface area contributed by atoms with E-state index < -0.39 is 5.54 Å². The number of carbonyl (C=O) groups excluding carboxylic acids is 1. The van der Waals surface area contributed by atoms with Crippen molar-refractivity contribution in [2.45, 2.75) is 39.7 Å². The van der Waals surface area contributed by atoms with Crippen LogP contribution >= 0.6 is 11.6 Å². The second kappa shape index (κ2) is 6.13. The minimum Gasteiger partial charge on any atom is -0.492 e. The molecule has 0 radical (unpaired) electrons. The Bertz CT molecular complexity index is 763. The average Bonchev–Trinajstić information content (AvgIpc) is 2.85. The Morgan fingerprint density at radius 3 is 2.79 bits per heavy atom. The van der Waals surface area contributed by atoms with Gasteiger partial charge >= 0.3 is 0 Å². The van der Waals surface area contributed by atoms with Crippen LogP contribution in [0.4, 0.5) is 0 Å². The van der Waals surface area contributed by atoms with Gasteiger partial charge in [0.15, 0.2) is 0 Å². The summed E-state index contributed by atoms with van der Waals surface area (Å²) in [5.41, 5.74) is 2.09. The highest BCUT2D eigenvalue weighted by Gasteiger charge is 2.34. The first kappa shape index (κ1) is 16.8. The van der Waals surface area contributed by atoms with Crippen molar-refractivity contribution in [2.75, 3.05) is 6.61 Å². The zero-order chi connectivity index (χ0) is 17.5. The topological polar surface area (TPSA) is 64.4 Å². The summed E-state index contributed by atoms with van der Waals surface area (Å²) < 4.78 is 10.9. The summed E-state index contributed by atoms with van der Waals surface area (Å²) in [4.78, 5) is 12.8. The molecule has 0 saturated heterocycles. The Kier molecular flexibility index (Phi) is 4.30. The molecule has 128 valence electrons. The summed E-state index contributed by atoms with van der Waals surface area (Å²) in [5, 5.41) is 7.73. The molecule has 0 bridgehead atoms. The molecule has 2 aromatic rings. The smallest absolute Gasteiger partial charge is 0.227 e. The molecule has 1 amide bonds. The standard InChI is InChI=1S/C18H21ClN2O3/c1-10-16(11(2)24-21-10)18(3,4)20-17(22)13-7-12-8-14(19)5-6-15(12)23-9-13/h5-6,8,13H,7,9H2,1-4H3,(H,20,22). The Labute approximate surface area is 146 Å². The molecule has 1 aromatic heterocycles. The number of hydrogen-bond acceptors (Lipinski definition) is 4. The number of hydrogen-bond donors (Lipinski definition) is 1. The molecule has 0 aliphatic carbocycles. The maximum Gasteiger partial charge on any atom is 0.227 e. The molecule has 1 aliphatic rings. The van der Waals surface area contributed by atoms with Crippen molar-refractivity contribution < 1.29 is 14.1 Å². The molecular formula is C18H21ClN2O3. The zero-order valence-electron chi connectivity index (χ0n) is 14.3. The summed E-state index contributed by atoms with van der Waals surface area (Å²) in [6, 6.07) is 5.50. The molecule has 1 unspecified atom stereocenters. The van der Waals surface area contributed by atoms with E-state index in [0.717, 1.165) is 28.3 Å². The fraction of sp³-hybridized carbons (Fsp3) is 0.444. The van der Waals surface area contributed by atoms with Crippen molar-refractivity contribution >= 4 is 17.5 Å². The van der Waals surface area contributed by atoms with Crippen LogP contribution in [-0.2, 0) is 16.8 Å². The number of amides is 1. The lowest BCUT2D eigenvalue weighted by Gasteiger charge is -2.31. The van der Waals surface area contributed by atoms with Gasteiger partial charge in [0.25, 0.3) is 0 Å². The third-order valence-corrected chi connectivity index (χ3v) is 4.63. The molecule has 0 saturated carbocycles. The highest BCUT2D eigenvalue weighted by Crippen LogP contribution is 2.31. The van der Waals surface area contributed by atoms with Gasteiger partial charge < -0.3 is 14.6 Å². The number of aromatic nitrogens is 1. The third kappa shape index (κ3) is 3.13. The first-order chi connectivity index (χ1) is 11.3. The second-order valence-corrected chi connectivity index (χ2v) is 7.21. The molecule has 5 nitrogen and oxygen atoms in total. The van der Waals surface area contributed by atoms with E-state index in [1.54, 1.807) is 6.07 Å². The summed E-state index contributed by atoms with van der Waals surface area (Å²) in [6.07, 6.45) is 0.611. The number of nitrogens with one attached hydrogen (secondary N) is 1. The van der Waals surface area contributed by atoms with Gasteiger partial charge in [-0.25, -0.2) is 0 Å². The van der Waals surface area contributed by atoms with Gasteiger partial charge in [0.05, 0.1) is 17.2 Å². The molecule has 0 spiro atoms. The molecule has 6 heteroatoms. The van der Waals surface area contributed by atoms with E-state index in [4.69, 9.17) is 20.9 Å². The molecule has 1 atom stereocenters. The monoisotopic (exact) mass is 348 g/mol.